The average Bonchev–Trinajstić information content (AvgIpc) is 3.38. The van der Waals surface area contributed by atoms with Crippen LogP contribution >= 0.6 is 0 Å². The zero-order chi connectivity index (χ0) is 21.2. The Bertz CT molecular complexity index is 849. The van der Waals surface area contributed by atoms with E-state index in [9.17, 15) is 4.79 Å². The number of carbonyl (C=O) groups is 1. The lowest BCUT2D eigenvalue weighted by molar-refractivity contribution is -0.144. The zero-order valence-electron chi connectivity index (χ0n) is 17.9. The molecule has 0 radical (unpaired) electrons. The minimum absolute atomic E-state index is 0.00403. The van der Waals surface area contributed by atoms with Gasteiger partial charge in [0.25, 0.3) is 8.32 Å². The third kappa shape index (κ3) is 4.02. The third-order valence-electron chi connectivity index (χ3n) is 6.08. The maximum atomic E-state index is 11.4. The predicted octanol–water partition coefficient (Wildman–Crippen LogP) is 3.59. The van der Waals surface area contributed by atoms with Gasteiger partial charge in [-0.3, -0.25) is 0 Å². The molecule has 0 unspecified atom stereocenters. The van der Waals surface area contributed by atoms with Crippen molar-refractivity contribution < 1.29 is 18.7 Å². The monoisotopic (exact) mass is 422 g/mol. The van der Waals surface area contributed by atoms with Crippen LogP contribution in [-0.2, 0) is 18.7 Å². The van der Waals surface area contributed by atoms with Crippen molar-refractivity contribution in [1.82, 2.24) is 0 Å². The van der Waals surface area contributed by atoms with Crippen molar-refractivity contribution in [3.8, 4) is 0 Å². The lowest BCUT2D eigenvalue weighted by Crippen LogP contribution is -2.67. The molecule has 0 amide bonds. The van der Waals surface area contributed by atoms with Crippen molar-refractivity contribution in [2.75, 3.05) is 6.61 Å². The normalized spacial score (nSPS) is 24.2. The van der Waals surface area contributed by atoms with E-state index in [-0.39, 0.29) is 29.3 Å². The minimum atomic E-state index is -2.56. The molecule has 3 atom stereocenters. The van der Waals surface area contributed by atoms with Crippen LogP contribution in [0, 0.1) is 0 Å². The lowest BCUT2D eigenvalue weighted by Gasteiger charge is -2.43. The van der Waals surface area contributed by atoms with Gasteiger partial charge in [0.05, 0.1) is 18.8 Å². The predicted molar refractivity (Wildman–Crippen MR) is 120 cm³/mol. The van der Waals surface area contributed by atoms with Gasteiger partial charge in [-0.15, -0.1) is 0 Å². The Labute approximate surface area is 180 Å². The molecule has 2 aliphatic heterocycles. The van der Waals surface area contributed by atoms with Gasteiger partial charge in [-0.05, 0) is 34.3 Å². The van der Waals surface area contributed by atoms with Gasteiger partial charge in [-0.2, -0.15) is 0 Å². The highest BCUT2D eigenvalue weighted by Gasteiger charge is 2.50. The molecule has 2 aromatic carbocycles. The molecule has 0 N–H and O–H groups in total. The van der Waals surface area contributed by atoms with Gasteiger partial charge in [0.15, 0.2) is 0 Å². The van der Waals surface area contributed by atoms with Crippen LogP contribution in [0.1, 0.15) is 33.6 Å². The summed E-state index contributed by atoms with van der Waals surface area (Å²) in [7, 11) is -2.56. The summed E-state index contributed by atoms with van der Waals surface area (Å²) in [5, 5.41) is 2.48. The summed E-state index contributed by atoms with van der Waals surface area (Å²) in [6.07, 6.45) is 4.72. The molecule has 0 spiro atoms. The second kappa shape index (κ2) is 8.50. The van der Waals surface area contributed by atoms with E-state index in [1.54, 1.807) is 6.08 Å². The van der Waals surface area contributed by atoms with Crippen LogP contribution in [0.25, 0.3) is 0 Å². The molecule has 0 saturated carbocycles. The molecule has 0 bridgehead atoms. The van der Waals surface area contributed by atoms with Crippen LogP contribution in [-0.4, -0.2) is 39.2 Å². The van der Waals surface area contributed by atoms with Crippen molar-refractivity contribution in [2.45, 2.75) is 57.0 Å². The van der Waals surface area contributed by atoms with Crippen LogP contribution in [0.3, 0.4) is 0 Å². The summed E-state index contributed by atoms with van der Waals surface area (Å²) >= 11 is 0. The Hall–Kier alpha value is -2.21. The van der Waals surface area contributed by atoms with Gasteiger partial charge in [0.1, 0.15) is 6.10 Å². The van der Waals surface area contributed by atoms with Crippen molar-refractivity contribution in [3.63, 3.8) is 0 Å². The Morgan fingerprint density at radius 1 is 0.967 bits per heavy atom. The number of rotatable bonds is 6. The smallest absolute Gasteiger partial charge is 0.331 e. The second-order valence-electron chi connectivity index (χ2n) is 9.11. The Morgan fingerprint density at radius 3 is 2.07 bits per heavy atom. The molecular weight excluding hydrogens is 392 g/mol. The highest BCUT2D eigenvalue weighted by atomic mass is 28.4. The third-order valence-corrected chi connectivity index (χ3v) is 11.1. The van der Waals surface area contributed by atoms with Crippen LogP contribution in [0.2, 0.25) is 5.04 Å². The van der Waals surface area contributed by atoms with E-state index in [0.717, 1.165) is 12.8 Å². The van der Waals surface area contributed by atoms with Gasteiger partial charge >= 0.3 is 5.97 Å². The standard InChI is InChI=1S/C25H30O4Si/c1-25(2,3)30(20-10-6-4-7-11-20,21-12-8-5-9-13-21)27-18-19-14-15-22(28-19)23-16-17-24(26)29-23/h4-13,16-17,19,22-23H,14-15,18H2,1-3H3/t19-,22-,23+/m1/s1. The van der Waals surface area contributed by atoms with E-state index in [1.165, 1.54) is 16.4 Å². The average molecular weight is 423 g/mol. The molecule has 4 rings (SSSR count). The van der Waals surface area contributed by atoms with Crippen molar-refractivity contribution >= 4 is 24.7 Å². The van der Waals surface area contributed by atoms with Crippen LogP contribution in [0.5, 0.6) is 0 Å². The first-order valence-corrected chi connectivity index (χ1v) is 12.6. The molecule has 2 aromatic rings. The first-order chi connectivity index (χ1) is 14.4. The van der Waals surface area contributed by atoms with E-state index in [0.29, 0.717) is 6.61 Å². The minimum Gasteiger partial charge on any atom is -0.452 e. The first-order valence-electron chi connectivity index (χ1n) is 10.7. The maximum absolute atomic E-state index is 11.4. The molecule has 158 valence electrons. The number of carbonyl (C=O) groups excluding carboxylic acids is 1. The first kappa shape index (κ1) is 21.0. The summed E-state index contributed by atoms with van der Waals surface area (Å²) in [5.41, 5.74) is 0. The quantitative estimate of drug-likeness (QED) is 0.527. The molecule has 4 nitrogen and oxygen atoms in total. The van der Waals surface area contributed by atoms with E-state index in [2.05, 4.69) is 81.4 Å². The molecule has 5 heteroatoms. The van der Waals surface area contributed by atoms with Crippen LogP contribution < -0.4 is 10.4 Å². The second-order valence-corrected chi connectivity index (χ2v) is 13.4. The molecule has 1 fully saturated rings. The number of ether oxygens (including phenoxy) is 2. The van der Waals surface area contributed by atoms with Gasteiger partial charge in [0, 0.05) is 6.08 Å². The highest BCUT2D eigenvalue weighted by Crippen LogP contribution is 2.37. The number of benzene rings is 2. The Balaban J connectivity index is 1.58. The molecule has 0 aromatic heterocycles. The Kier molecular flexibility index (Phi) is 5.96. The van der Waals surface area contributed by atoms with E-state index in [1.807, 2.05) is 0 Å². The maximum Gasteiger partial charge on any atom is 0.331 e. The summed E-state index contributed by atoms with van der Waals surface area (Å²) in [6, 6.07) is 21.3. The number of esters is 1. The van der Waals surface area contributed by atoms with Gasteiger partial charge < -0.3 is 13.9 Å². The molecule has 30 heavy (non-hydrogen) atoms. The van der Waals surface area contributed by atoms with E-state index < -0.39 is 8.32 Å². The van der Waals surface area contributed by atoms with E-state index in [4.69, 9.17) is 13.9 Å². The summed E-state index contributed by atoms with van der Waals surface area (Å²) in [4.78, 5) is 11.4. The van der Waals surface area contributed by atoms with Crippen LogP contribution in [0.4, 0.5) is 0 Å². The fourth-order valence-corrected chi connectivity index (χ4v) is 9.25. The van der Waals surface area contributed by atoms with Crippen LogP contribution in [0.15, 0.2) is 72.8 Å². The molecule has 2 heterocycles. The molecular formula is C25H30O4Si. The van der Waals surface area contributed by atoms with Gasteiger partial charge in [0.2, 0.25) is 0 Å². The topological polar surface area (TPSA) is 44.8 Å². The number of hydrogen-bond donors (Lipinski definition) is 0. The van der Waals surface area contributed by atoms with E-state index >= 15 is 0 Å². The number of hydrogen-bond acceptors (Lipinski definition) is 4. The van der Waals surface area contributed by atoms with Gasteiger partial charge in [-0.25, -0.2) is 4.79 Å². The number of cyclic esters (lactones) is 1. The van der Waals surface area contributed by atoms with Crippen molar-refractivity contribution in [2.24, 2.45) is 0 Å². The molecule has 0 aliphatic carbocycles. The molecule has 2 aliphatic rings. The summed E-state index contributed by atoms with van der Waals surface area (Å²) in [5.74, 6) is -0.282. The Morgan fingerprint density at radius 2 is 1.57 bits per heavy atom. The van der Waals surface area contributed by atoms with Crippen molar-refractivity contribution in [1.29, 1.82) is 0 Å². The van der Waals surface area contributed by atoms with Gasteiger partial charge in [-0.1, -0.05) is 81.4 Å². The fraction of sp³-hybridized carbons (Fsp3) is 0.400. The summed E-state index contributed by atoms with van der Waals surface area (Å²) < 4.78 is 18.5. The SMILES string of the molecule is CC(C)(C)[Si](OC[C@H]1CC[C@H]([C@@H]2C=CC(=O)O2)O1)(c1ccccc1)c1ccccc1. The van der Waals surface area contributed by atoms with Crippen molar-refractivity contribution in [3.05, 3.63) is 72.8 Å². The largest absolute Gasteiger partial charge is 0.452 e. The lowest BCUT2D eigenvalue weighted by atomic mass is 10.1. The zero-order valence-corrected chi connectivity index (χ0v) is 18.9. The summed E-state index contributed by atoms with van der Waals surface area (Å²) in [6.45, 7) is 7.37. The fourth-order valence-electron chi connectivity index (χ4n) is 4.66. The highest BCUT2D eigenvalue weighted by molar-refractivity contribution is 6.99. The molecule has 1 saturated heterocycles.